The van der Waals surface area contributed by atoms with Crippen LogP contribution in [0, 0.1) is 13.8 Å². The number of carboxylic acid groups (broad SMARTS) is 1. The third kappa shape index (κ3) is 3.51. The number of aliphatic carboxylic acids is 1. The minimum atomic E-state index is -0.756. The van der Waals surface area contributed by atoms with Crippen LogP contribution in [0.25, 0.3) is 0 Å². The lowest BCUT2D eigenvalue weighted by molar-refractivity contribution is -0.138. The molecule has 0 amide bonds. The molecule has 0 aliphatic carbocycles. The third-order valence-electron chi connectivity index (χ3n) is 3.10. The van der Waals surface area contributed by atoms with Crippen molar-refractivity contribution in [1.82, 2.24) is 9.88 Å². The molecule has 1 rings (SSSR count). The van der Waals surface area contributed by atoms with Gasteiger partial charge in [0, 0.05) is 17.0 Å². The fraction of sp³-hybridized carbons (Fsp3) is 0.667. The van der Waals surface area contributed by atoms with Crippen LogP contribution in [-0.2, 0) is 4.79 Å². The largest absolute Gasteiger partial charge is 0.481 e. The maximum Gasteiger partial charge on any atom is 0.304 e. The van der Waals surface area contributed by atoms with E-state index in [2.05, 4.69) is 16.8 Å². The maximum atomic E-state index is 10.7. The SMILES string of the molecule is Cc1nc(C)c(C(C)N(C)C(C)CC(=O)O)s1. The zero-order chi connectivity index (χ0) is 13.2. The highest BCUT2D eigenvalue weighted by Crippen LogP contribution is 2.29. The number of hydrogen-bond donors (Lipinski definition) is 1. The summed E-state index contributed by atoms with van der Waals surface area (Å²) in [4.78, 5) is 18.4. The van der Waals surface area contributed by atoms with E-state index in [1.165, 1.54) is 4.88 Å². The second-order valence-electron chi connectivity index (χ2n) is 4.47. The Morgan fingerprint density at radius 2 is 2.06 bits per heavy atom. The molecule has 0 aliphatic heterocycles. The Morgan fingerprint density at radius 1 is 1.47 bits per heavy atom. The van der Waals surface area contributed by atoms with Crippen LogP contribution in [0.15, 0.2) is 0 Å². The molecular formula is C12H20N2O2S. The van der Waals surface area contributed by atoms with Gasteiger partial charge in [-0.25, -0.2) is 4.98 Å². The number of carboxylic acids is 1. The molecule has 1 heterocycles. The van der Waals surface area contributed by atoms with Gasteiger partial charge in [0.05, 0.1) is 17.1 Å². The van der Waals surface area contributed by atoms with E-state index in [0.29, 0.717) is 0 Å². The second kappa shape index (κ2) is 5.60. The van der Waals surface area contributed by atoms with Gasteiger partial charge >= 0.3 is 5.97 Å². The standard InChI is InChI=1S/C12H20N2O2S/c1-7(6-11(15)16)14(5)9(3)12-8(2)13-10(4)17-12/h7,9H,6H2,1-5H3,(H,15,16). The number of rotatable bonds is 5. The van der Waals surface area contributed by atoms with Crippen molar-refractivity contribution in [2.45, 2.75) is 46.2 Å². The first-order chi connectivity index (χ1) is 7.82. The maximum absolute atomic E-state index is 10.7. The Morgan fingerprint density at radius 3 is 2.47 bits per heavy atom. The molecule has 0 aliphatic rings. The highest BCUT2D eigenvalue weighted by Gasteiger charge is 2.22. The van der Waals surface area contributed by atoms with E-state index in [1.807, 2.05) is 27.8 Å². The lowest BCUT2D eigenvalue weighted by atomic mass is 10.1. The van der Waals surface area contributed by atoms with Gasteiger partial charge in [-0.05, 0) is 34.7 Å². The summed E-state index contributed by atoms with van der Waals surface area (Å²) in [5.74, 6) is -0.756. The molecule has 5 heteroatoms. The topological polar surface area (TPSA) is 53.4 Å². The van der Waals surface area contributed by atoms with Crippen molar-refractivity contribution in [2.75, 3.05) is 7.05 Å². The van der Waals surface area contributed by atoms with Crippen molar-refractivity contribution in [2.24, 2.45) is 0 Å². The summed E-state index contributed by atoms with van der Waals surface area (Å²) >= 11 is 1.69. The van der Waals surface area contributed by atoms with Crippen molar-refractivity contribution < 1.29 is 9.90 Å². The van der Waals surface area contributed by atoms with Crippen molar-refractivity contribution in [3.8, 4) is 0 Å². The Kier molecular flexibility index (Phi) is 4.65. The monoisotopic (exact) mass is 256 g/mol. The number of thiazole rings is 1. The molecule has 2 unspecified atom stereocenters. The Labute approximate surface area is 106 Å². The van der Waals surface area contributed by atoms with E-state index < -0.39 is 5.97 Å². The minimum absolute atomic E-state index is 0.0179. The number of hydrogen-bond acceptors (Lipinski definition) is 4. The average molecular weight is 256 g/mol. The van der Waals surface area contributed by atoms with Crippen LogP contribution in [-0.4, -0.2) is 34.0 Å². The van der Waals surface area contributed by atoms with Crippen LogP contribution in [0.1, 0.15) is 41.9 Å². The van der Waals surface area contributed by atoms with Crippen LogP contribution in [0.4, 0.5) is 0 Å². The van der Waals surface area contributed by atoms with Gasteiger partial charge < -0.3 is 5.11 Å². The molecule has 0 spiro atoms. The van der Waals surface area contributed by atoms with Gasteiger partial charge in [-0.1, -0.05) is 0 Å². The molecule has 1 N–H and O–H groups in total. The molecule has 1 aromatic heterocycles. The molecule has 4 nitrogen and oxygen atoms in total. The molecule has 17 heavy (non-hydrogen) atoms. The minimum Gasteiger partial charge on any atom is -0.481 e. The first kappa shape index (κ1) is 14.1. The van der Waals surface area contributed by atoms with Gasteiger partial charge in [0.25, 0.3) is 0 Å². The summed E-state index contributed by atoms with van der Waals surface area (Å²) in [5, 5.41) is 9.87. The fourth-order valence-corrected chi connectivity index (χ4v) is 2.93. The summed E-state index contributed by atoms with van der Waals surface area (Å²) in [6.45, 7) is 8.03. The van der Waals surface area contributed by atoms with Crippen molar-refractivity contribution in [1.29, 1.82) is 0 Å². The van der Waals surface area contributed by atoms with E-state index >= 15 is 0 Å². The van der Waals surface area contributed by atoms with Gasteiger partial charge in [-0.3, -0.25) is 9.69 Å². The lowest BCUT2D eigenvalue weighted by Gasteiger charge is -2.29. The summed E-state index contributed by atoms with van der Waals surface area (Å²) in [6, 6.07) is 0.222. The van der Waals surface area contributed by atoms with Crippen molar-refractivity contribution in [3.05, 3.63) is 15.6 Å². The molecule has 0 aromatic carbocycles. The van der Waals surface area contributed by atoms with E-state index in [4.69, 9.17) is 5.11 Å². The van der Waals surface area contributed by atoms with Gasteiger partial charge in [0.2, 0.25) is 0 Å². The first-order valence-electron chi connectivity index (χ1n) is 5.70. The van der Waals surface area contributed by atoms with Crippen LogP contribution in [0.5, 0.6) is 0 Å². The average Bonchev–Trinajstić information content (AvgIpc) is 2.54. The molecule has 0 bridgehead atoms. The zero-order valence-electron chi connectivity index (χ0n) is 11.0. The van der Waals surface area contributed by atoms with Crippen molar-refractivity contribution in [3.63, 3.8) is 0 Å². The van der Waals surface area contributed by atoms with Gasteiger partial charge in [0.1, 0.15) is 0 Å². The summed E-state index contributed by atoms with van der Waals surface area (Å²) in [6.07, 6.45) is 0.164. The summed E-state index contributed by atoms with van der Waals surface area (Å²) < 4.78 is 0. The Bertz CT molecular complexity index is 403. The lowest BCUT2D eigenvalue weighted by Crippen LogP contribution is -2.33. The van der Waals surface area contributed by atoms with E-state index in [0.717, 1.165) is 10.7 Å². The molecule has 96 valence electrons. The third-order valence-corrected chi connectivity index (χ3v) is 4.34. The zero-order valence-corrected chi connectivity index (χ0v) is 11.8. The molecule has 2 atom stereocenters. The van der Waals surface area contributed by atoms with Crippen LogP contribution >= 0.6 is 11.3 Å². The second-order valence-corrected chi connectivity index (χ2v) is 5.71. The number of aromatic nitrogens is 1. The molecule has 0 saturated carbocycles. The smallest absolute Gasteiger partial charge is 0.304 e. The van der Waals surface area contributed by atoms with E-state index in [-0.39, 0.29) is 18.5 Å². The normalized spacial score (nSPS) is 14.9. The quantitative estimate of drug-likeness (QED) is 0.880. The number of carbonyl (C=O) groups is 1. The molecule has 0 fully saturated rings. The number of nitrogens with zero attached hydrogens (tertiary/aromatic N) is 2. The van der Waals surface area contributed by atoms with Gasteiger partial charge in [0.15, 0.2) is 0 Å². The highest BCUT2D eigenvalue weighted by molar-refractivity contribution is 7.11. The molecule has 0 radical (unpaired) electrons. The molecule has 1 aromatic rings. The predicted octanol–water partition coefficient (Wildman–Crippen LogP) is 2.62. The summed E-state index contributed by atoms with van der Waals surface area (Å²) in [5.41, 5.74) is 1.05. The van der Waals surface area contributed by atoms with Crippen molar-refractivity contribution >= 4 is 17.3 Å². The van der Waals surface area contributed by atoms with E-state index in [1.54, 1.807) is 11.3 Å². The van der Waals surface area contributed by atoms with Crippen LogP contribution < -0.4 is 0 Å². The Balaban J connectivity index is 2.78. The van der Waals surface area contributed by atoms with Gasteiger partial charge in [-0.2, -0.15) is 0 Å². The van der Waals surface area contributed by atoms with Crippen LogP contribution in [0.2, 0.25) is 0 Å². The Hall–Kier alpha value is -0.940. The highest BCUT2D eigenvalue weighted by atomic mass is 32.1. The predicted molar refractivity (Wildman–Crippen MR) is 69.5 cm³/mol. The van der Waals surface area contributed by atoms with Crippen LogP contribution in [0.3, 0.4) is 0 Å². The summed E-state index contributed by atoms with van der Waals surface area (Å²) in [7, 11) is 1.97. The molecular weight excluding hydrogens is 236 g/mol. The molecule has 0 saturated heterocycles. The fourth-order valence-electron chi connectivity index (χ4n) is 1.90. The number of aryl methyl sites for hydroxylation is 2. The van der Waals surface area contributed by atoms with Gasteiger partial charge in [-0.15, -0.1) is 11.3 Å². The first-order valence-corrected chi connectivity index (χ1v) is 6.52. The van der Waals surface area contributed by atoms with E-state index in [9.17, 15) is 4.79 Å².